The van der Waals surface area contributed by atoms with Crippen molar-refractivity contribution in [2.24, 2.45) is 0 Å². The van der Waals surface area contributed by atoms with E-state index in [2.05, 4.69) is 4.74 Å². The van der Waals surface area contributed by atoms with Gasteiger partial charge in [-0.1, -0.05) is 6.07 Å². The molecule has 0 saturated heterocycles. The minimum atomic E-state index is -1.04. The van der Waals surface area contributed by atoms with Crippen LogP contribution in [0.4, 0.5) is 9.18 Å². The fourth-order valence-electron chi connectivity index (χ4n) is 0.775. The van der Waals surface area contributed by atoms with Gasteiger partial charge in [0, 0.05) is 11.6 Å². The third-order valence-corrected chi connectivity index (χ3v) is 1.35. The summed E-state index contributed by atoms with van der Waals surface area (Å²) >= 11 is 4.91. The lowest BCUT2D eigenvalue weighted by molar-refractivity contribution is 0.223. The molecule has 0 N–H and O–H groups in total. The second-order valence-corrected chi connectivity index (χ2v) is 2.58. The predicted octanol–water partition coefficient (Wildman–Crippen LogP) is 2.87. The fourth-order valence-corrected chi connectivity index (χ4v) is 0.858. The highest BCUT2D eigenvalue weighted by molar-refractivity contribution is 6.61. The molecule has 0 bridgehead atoms. The molecule has 0 aromatic heterocycles. The van der Waals surface area contributed by atoms with Gasteiger partial charge in [0.15, 0.2) is 11.6 Å². The van der Waals surface area contributed by atoms with Crippen molar-refractivity contribution in [3.8, 4) is 5.75 Å². The van der Waals surface area contributed by atoms with E-state index in [4.69, 9.17) is 11.6 Å². The van der Waals surface area contributed by atoms with E-state index in [-0.39, 0.29) is 5.75 Å². The second kappa shape index (κ2) is 3.54. The average molecular weight is 189 g/mol. The Morgan fingerprint density at radius 2 is 2.25 bits per heavy atom. The lowest BCUT2D eigenvalue weighted by Crippen LogP contribution is -1.98. The zero-order chi connectivity index (χ0) is 9.14. The maximum Gasteiger partial charge on any atom is 0.409 e. The monoisotopic (exact) mass is 188 g/mol. The summed E-state index contributed by atoms with van der Waals surface area (Å²) in [6.07, 6.45) is 0. The van der Waals surface area contributed by atoms with E-state index in [1.165, 1.54) is 12.1 Å². The molecule has 0 heterocycles. The molecule has 0 fully saturated rings. The van der Waals surface area contributed by atoms with E-state index < -0.39 is 11.2 Å². The quantitative estimate of drug-likeness (QED) is 0.634. The second-order valence-electron chi connectivity index (χ2n) is 2.27. The molecule has 2 nitrogen and oxygen atoms in total. The van der Waals surface area contributed by atoms with Crippen LogP contribution in [-0.4, -0.2) is 5.43 Å². The standard InChI is InChI=1S/C8H6ClFO2/c1-5-2-3-6(10)7(4-5)12-8(9)11/h2-4H,1H3. The SMILES string of the molecule is Cc1ccc(F)c(OC(=O)Cl)c1. The highest BCUT2D eigenvalue weighted by atomic mass is 35.5. The molecular formula is C8H6ClFO2. The molecule has 64 valence electrons. The molecular weight excluding hydrogens is 183 g/mol. The summed E-state index contributed by atoms with van der Waals surface area (Å²) in [5, 5.41) is 0. The summed E-state index contributed by atoms with van der Waals surface area (Å²) in [4.78, 5) is 10.3. The van der Waals surface area contributed by atoms with Gasteiger partial charge in [-0.05, 0) is 24.6 Å². The van der Waals surface area contributed by atoms with E-state index >= 15 is 0 Å². The van der Waals surface area contributed by atoms with Gasteiger partial charge >= 0.3 is 5.43 Å². The van der Waals surface area contributed by atoms with Crippen molar-refractivity contribution in [2.75, 3.05) is 0 Å². The predicted molar refractivity (Wildman–Crippen MR) is 43.0 cm³/mol. The third-order valence-electron chi connectivity index (χ3n) is 1.28. The number of rotatable bonds is 1. The fraction of sp³-hybridized carbons (Fsp3) is 0.125. The van der Waals surface area contributed by atoms with Crippen molar-refractivity contribution in [3.63, 3.8) is 0 Å². The van der Waals surface area contributed by atoms with Crippen molar-refractivity contribution in [2.45, 2.75) is 6.92 Å². The highest BCUT2D eigenvalue weighted by Gasteiger charge is 2.06. The summed E-state index contributed by atoms with van der Waals surface area (Å²) < 4.78 is 17.2. The zero-order valence-electron chi connectivity index (χ0n) is 6.30. The molecule has 0 atom stereocenters. The average Bonchev–Trinajstić information content (AvgIpc) is 1.96. The largest absolute Gasteiger partial charge is 0.411 e. The van der Waals surface area contributed by atoms with Crippen molar-refractivity contribution in [3.05, 3.63) is 29.6 Å². The zero-order valence-corrected chi connectivity index (χ0v) is 7.06. The number of aryl methyl sites for hydroxylation is 1. The van der Waals surface area contributed by atoms with E-state index in [9.17, 15) is 9.18 Å². The third kappa shape index (κ3) is 2.20. The first-order chi connectivity index (χ1) is 5.59. The van der Waals surface area contributed by atoms with E-state index in [1.54, 1.807) is 13.0 Å². The van der Waals surface area contributed by atoms with Gasteiger partial charge in [0.1, 0.15) is 0 Å². The molecule has 0 aliphatic carbocycles. The molecule has 0 aliphatic heterocycles. The summed E-state index contributed by atoms with van der Waals surface area (Å²) in [5.74, 6) is -0.746. The molecule has 0 radical (unpaired) electrons. The maximum atomic E-state index is 12.8. The first kappa shape index (κ1) is 9.00. The Morgan fingerprint density at radius 1 is 1.58 bits per heavy atom. The Kier molecular flexibility index (Phi) is 2.65. The summed E-state index contributed by atoms with van der Waals surface area (Å²) in [6, 6.07) is 4.18. The van der Waals surface area contributed by atoms with Crippen LogP contribution < -0.4 is 4.74 Å². The first-order valence-corrected chi connectivity index (χ1v) is 3.61. The van der Waals surface area contributed by atoms with Crippen LogP contribution >= 0.6 is 11.6 Å². The highest BCUT2D eigenvalue weighted by Crippen LogP contribution is 2.18. The van der Waals surface area contributed by atoms with Gasteiger partial charge in [0.05, 0.1) is 0 Å². The van der Waals surface area contributed by atoms with Crippen molar-refractivity contribution < 1.29 is 13.9 Å². The van der Waals surface area contributed by atoms with Crippen molar-refractivity contribution >= 4 is 17.0 Å². The normalized spacial score (nSPS) is 9.58. The molecule has 0 aliphatic rings. The molecule has 4 heteroatoms. The Morgan fingerprint density at radius 3 is 2.83 bits per heavy atom. The Bertz CT molecular complexity index is 312. The van der Waals surface area contributed by atoms with Crippen LogP contribution in [0.5, 0.6) is 5.75 Å². The molecule has 0 unspecified atom stereocenters. The maximum absolute atomic E-state index is 12.8. The van der Waals surface area contributed by atoms with Gasteiger partial charge in [-0.3, -0.25) is 0 Å². The lowest BCUT2D eigenvalue weighted by Gasteiger charge is -2.01. The minimum absolute atomic E-state index is 0.144. The molecule has 1 aromatic carbocycles. The van der Waals surface area contributed by atoms with Crippen LogP contribution in [0.25, 0.3) is 0 Å². The topological polar surface area (TPSA) is 26.3 Å². The minimum Gasteiger partial charge on any atom is -0.411 e. The summed E-state index contributed by atoms with van der Waals surface area (Å²) in [6.45, 7) is 1.75. The number of carbonyl (C=O) groups is 1. The summed E-state index contributed by atoms with van der Waals surface area (Å²) in [5.41, 5.74) is -0.246. The number of halogens is 2. The smallest absolute Gasteiger partial charge is 0.409 e. The summed E-state index contributed by atoms with van der Waals surface area (Å²) in [7, 11) is 0. The van der Waals surface area contributed by atoms with Crippen molar-refractivity contribution in [1.29, 1.82) is 0 Å². The van der Waals surface area contributed by atoms with Crippen LogP contribution in [0.3, 0.4) is 0 Å². The Balaban J connectivity index is 2.97. The van der Waals surface area contributed by atoms with Gasteiger partial charge in [-0.25, -0.2) is 9.18 Å². The molecule has 1 rings (SSSR count). The molecule has 0 spiro atoms. The number of ether oxygens (including phenoxy) is 1. The van der Waals surface area contributed by atoms with Crippen LogP contribution in [-0.2, 0) is 0 Å². The van der Waals surface area contributed by atoms with Gasteiger partial charge in [0.2, 0.25) is 0 Å². The van der Waals surface area contributed by atoms with E-state index in [0.717, 1.165) is 5.56 Å². The van der Waals surface area contributed by atoms with Crippen LogP contribution in [0.2, 0.25) is 0 Å². The lowest BCUT2D eigenvalue weighted by atomic mass is 10.2. The van der Waals surface area contributed by atoms with E-state index in [0.29, 0.717) is 0 Å². The molecule has 0 saturated carbocycles. The number of carbonyl (C=O) groups excluding carboxylic acids is 1. The van der Waals surface area contributed by atoms with Gasteiger partial charge in [0.25, 0.3) is 0 Å². The van der Waals surface area contributed by atoms with E-state index in [1.807, 2.05) is 0 Å². The van der Waals surface area contributed by atoms with Gasteiger partial charge < -0.3 is 4.74 Å². The first-order valence-electron chi connectivity index (χ1n) is 3.23. The van der Waals surface area contributed by atoms with Crippen LogP contribution in [0, 0.1) is 12.7 Å². The Hall–Kier alpha value is -1.09. The Labute approximate surface area is 73.9 Å². The van der Waals surface area contributed by atoms with Crippen molar-refractivity contribution in [1.82, 2.24) is 0 Å². The van der Waals surface area contributed by atoms with Crippen LogP contribution in [0.15, 0.2) is 18.2 Å². The number of hydrogen-bond acceptors (Lipinski definition) is 2. The van der Waals surface area contributed by atoms with Crippen LogP contribution in [0.1, 0.15) is 5.56 Å². The molecule has 1 aromatic rings. The number of hydrogen-bond donors (Lipinski definition) is 0. The number of benzene rings is 1. The van der Waals surface area contributed by atoms with Gasteiger partial charge in [-0.2, -0.15) is 0 Å². The van der Waals surface area contributed by atoms with Gasteiger partial charge in [-0.15, -0.1) is 0 Å². The molecule has 12 heavy (non-hydrogen) atoms. The molecule has 0 amide bonds.